The summed E-state index contributed by atoms with van der Waals surface area (Å²) in [5, 5.41) is 11.8. The number of rotatable bonds is 6. The first-order valence-electron chi connectivity index (χ1n) is 8.75. The van der Waals surface area contributed by atoms with Crippen LogP contribution >= 0.6 is 0 Å². The summed E-state index contributed by atoms with van der Waals surface area (Å²) in [5.74, 6) is -0.129. The van der Waals surface area contributed by atoms with Crippen LogP contribution in [-0.2, 0) is 29.2 Å². The maximum atomic E-state index is 12.6. The maximum Gasteiger partial charge on any atom is 0.332 e. The van der Waals surface area contributed by atoms with Crippen LogP contribution in [0.2, 0.25) is 0 Å². The largest absolute Gasteiger partial charge is 0.456 e. The van der Waals surface area contributed by atoms with Gasteiger partial charge in [-0.2, -0.15) is 0 Å². The lowest BCUT2D eigenvalue weighted by atomic mass is 10.2. The molecule has 140 valence electrons. The molecule has 0 unspecified atom stereocenters. The molecule has 4 rings (SSSR count). The fourth-order valence-electron chi connectivity index (χ4n) is 3.03. The first-order chi connectivity index (χ1) is 13.1. The topological polar surface area (TPSA) is 114 Å². The van der Waals surface area contributed by atoms with Crippen LogP contribution in [0.1, 0.15) is 31.6 Å². The molecule has 3 aromatic rings. The summed E-state index contributed by atoms with van der Waals surface area (Å²) in [7, 11) is 0. The summed E-state index contributed by atoms with van der Waals surface area (Å²) in [6.45, 7) is 1.55. The number of benzene rings is 1. The summed E-state index contributed by atoms with van der Waals surface area (Å²) in [5.41, 5.74) is -0.510. The number of carbonyl (C=O) groups is 1. The minimum absolute atomic E-state index is 0.0670. The molecular formula is C17H18N6O4. The van der Waals surface area contributed by atoms with E-state index in [0.717, 1.165) is 17.4 Å². The van der Waals surface area contributed by atoms with Gasteiger partial charge in [-0.25, -0.2) is 9.48 Å². The van der Waals surface area contributed by atoms with Crippen molar-refractivity contribution in [1.29, 1.82) is 0 Å². The number of para-hydroxylation sites is 1. The van der Waals surface area contributed by atoms with Crippen molar-refractivity contribution in [1.82, 2.24) is 29.3 Å². The predicted octanol–water partition coefficient (Wildman–Crippen LogP) is 0.248. The quantitative estimate of drug-likeness (QED) is 0.571. The molecule has 0 N–H and O–H groups in total. The van der Waals surface area contributed by atoms with Gasteiger partial charge in [0.05, 0.1) is 16.9 Å². The molecule has 10 heteroatoms. The fraction of sp³-hybridized carbons (Fsp3) is 0.412. The molecule has 0 atom stereocenters. The fourth-order valence-corrected chi connectivity index (χ4v) is 3.03. The third-order valence-corrected chi connectivity index (χ3v) is 4.55. The Kier molecular flexibility index (Phi) is 4.30. The molecule has 1 aliphatic carbocycles. The zero-order chi connectivity index (χ0) is 19.0. The molecule has 0 spiro atoms. The number of esters is 1. The Bertz CT molecular complexity index is 1120. The third kappa shape index (κ3) is 3.14. The highest BCUT2D eigenvalue weighted by Crippen LogP contribution is 2.34. The number of tetrazole rings is 1. The normalized spacial score (nSPS) is 13.8. The van der Waals surface area contributed by atoms with Crippen molar-refractivity contribution in [3.63, 3.8) is 0 Å². The minimum atomic E-state index is -0.603. The summed E-state index contributed by atoms with van der Waals surface area (Å²) in [6, 6.07) is 6.97. The summed E-state index contributed by atoms with van der Waals surface area (Å²) >= 11 is 0. The van der Waals surface area contributed by atoms with E-state index >= 15 is 0 Å². The molecule has 1 aromatic carbocycles. The highest BCUT2D eigenvalue weighted by Gasteiger charge is 2.28. The molecular weight excluding hydrogens is 352 g/mol. The monoisotopic (exact) mass is 370 g/mol. The van der Waals surface area contributed by atoms with E-state index < -0.39 is 11.7 Å². The van der Waals surface area contributed by atoms with Crippen LogP contribution in [0.15, 0.2) is 33.9 Å². The first kappa shape index (κ1) is 17.1. The lowest BCUT2D eigenvalue weighted by Gasteiger charge is -2.12. The number of hydrogen-bond acceptors (Lipinski definition) is 7. The highest BCUT2D eigenvalue weighted by molar-refractivity contribution is 5.79. The Morgan fingerprint density at radius 1 is 1.22 bits per heavy atom. The molecule has 2 heterocycles. The van der Waals surface area contributed by atoms with Gasteiger partial charge in [0.2, 0.25) is 0 Å². The minimum Gasteiger partial charge on any atom is -0.456 e. The third-order valence-electron chi connectivity index (χ3n) is 4.55. The van der Waals surface area contributed by atoms with Crippen molar-refractivity contribution in [2.24, 2.45) is 0 Å². The van der Waals surface area contributed by atoms with E-state index in [4.69, 9.17) is 4.74 Å². The lowest BCUT2D eigenvalue weighted by molar-refractivity contribution is -0.146. The van der Waals surface area contributed by atoms with Crippen LogP contribution in [0.5, 0.6) is 0 Å². The van der Waals surface area contributed by atoms with Gasteiger partial charge in [0.25, 0.3) is 5.56 Å². The van der Waals surface area contributed by atoms with Gasteiger partial charge in [0.15, 0.2) is 12.4 Å². The van der Waals surface area contributed by atoms with E-state index in [1.54, 1.807) is 35.9 Å². The summed E-state index contributed by atoms with van der Waals surface area (Å²) < 4.78 is 9.28. The van der Waals surface area contributed by atoms with E-state index in [1.807, 2.05) is 0 Å². The molecule has 27 heavy (non-hydrogen) atoms. The molecule has 0 saturated heterocycles. The van der Waals surface area contributed by atoms with Gasteiger partial charge in [-0.05, 0) is 42.3 Å². The highest BCUT2D eigenvalue weighted by atomic mass is 16.5. The second-order valence-electron chi connectivity index (χ2n) is 6.37. The maximum absolute atomic E-state index is 12.6. The lowest BCUT2D eigenvalue weighted by Crippen LogP contribution is -2.40. The molecule has 0 amide bonds. The molecule has 1 aliphatic rings. The molecule has 1 fully saturated rings. The number of hydrogen-bond donors (Lipinski definition) is 0. The van der Waals surface area contributed by atoms with Gasteiger partial charge in [0, 0.05) is 6.54 Å². The molecule has 1 saturated carbocycles. The van der Waals surface area contributed by atoms with Crippen LogP contribution in [0.4, 0.5) is 0 Å². The van der Waals surface area contributed by atoms with Crippen molar-refractivity contribution in [3.05, 3.63) is 50.9 Å². The number of nitrogens with zero attached hydrogens (tertiary/aromatic N) is 6. The molecule has 0 radical (unpaired) electrons. The van der Waals surface area contributed by atoms with Crippen LogP contribution < -0.4 is 11.2 Å². The Labute approximate surface area is 153 Å². The van der Waals surface area contributed by atoms with E-state index in [1.165, 1.54) is 4.57 Å². The Morgan fingerprint density at radius 3 is 2.74 bits per heavy atom. The van der Waals surface area contributed by atoms with E-state index in [9.17, 15) is 14.4 Å². The Morgan fingerprint density at radius 2 is 2.00 bits per heavy atom. The van der Waals surface area contributed by atoms with Crippen LogP contribution in [0, 0.1) is 0 Å². The zero-order valence-electron chi connectivity index (χ0n) is 14.7. The number of fused-ring (bicyclic) bond motifs is 1. The smallest absolute Gasteiger partial charge is 0.332 e. The molecule has 0 bridgehead atoms. The van der Waals surface area contributed by atoms with Crippen molar-refractivity contribution in [2.45, 2.75) is 45.5 Å². The Hall–Kier alpha value is -3.30. The second kappa shape index (κ2) is 6.78. The van der Waals surface area contributed by atoms with Crippen molar-refractivity contribution >= 4 is 16.9 Å². The predicted molar refractivity (Wildman–Crippen MR) is 94.0 cm³/mol. The van der Waals surface area contributed by atoms with Crippen molar-refractivity contribution in [3.8, 4) is 0 Å². The molecule has 10 nitrogen and oxygen atoms in total. The molecule has 2 aromatic heterocycles. The van der Waals surface area contributed by atoms with E-state index in [2.05, 4.69) is 15.5 Å². The van der Waals surface area contributed by atoms with Gasteiger partial charge >= 0.3 is 11.7 Å². The van der Waals surface area contributed by atoms with Gasteiger partial charge in [0.1, 0.15) is 6.54 Å². The first-order valence-corrected chi connectivity index (χ1v) is 8.75. The van der Waals surface area contributed by atoms with E-state index in [0.29, 0.717) is 16.7 Å². The molecule has 0 aliphatic heterocycles. The number of carbonyl (C=O) groups excluding carboxylic acids is 1. The average Bonchev–Trinajstić information content (AvgIpc) is 3.41. The van der Waals surface area contributed by atoms with Crippen LogP contribution in [0.25, 0.3) is 10.9 Å². The standard InChI is InChI=1S/C17H18N6O4/c1-2-21-16(25)12-5-3-4-6-13(12)22(17(21)26)9-15(24)27-10-14-18-19-20-23(14)11-7-8-11/h3-6,11H,2,7-10H2,1H3. The van der Waals surface area contributed by atoms with Crippen LogP contribution in [-0.4, -0.2) is 35.3 Å². The van der Waals surface area contributed by atoms with Gasteiger partial charge in [-0.1, -0.05) is 12.1 Å². The van der Waals surface area contributed by atoms with Crippen LogP contribution in [0.3, 0.4) is 0 Å². The van der Waals surface area contributed by atoms with Crippen molar-refractivity contribution in [2.75, 3.05) is 0 Å². The second-order valence-corrected chi connectivity index (χ2v) is 6.37. The summed E-state index contributed by atoms with van der Waals surface area (Å²) in [4.78, 5) is 37.4. The Balaban J connectivity index is 1.59. The van der Waals surface area contributed by atoms with Gasteiger partial charge in [-0.15, -0.1) is 5.10 Å². The van der Waals surface area contributed by atoms with Crippen molar-refractivity contribution < 1.29 is 9.53 Å². The SMILES string of the molecule is CCn1c(=O)c2ccccc2n(CC(=O)OCc2nnnn2C2CC2)c1=O. The van der Waals surface area contributed by atoms with Gasteiger partial charge in [-0.3, -0.25) is 18.7 Å². The zero-order valence-corrected chi connectivity index (χ0v) is 14.7. The number of aromatic nitrogens is 6. The average molecular weight is 370 g/mol. The van der Waals surface area contributed by atoms with Gasteiger partial charge < -0.3 is 4.74 Å². The summed E-state index contributed by atoms with van der Waals surface area (Å²) in [6.07, 6.45) is 2.01. The number of ether oxygens (including phenoxy) is 1. The van der Waals surface area contributed by atoms with E-state index in [-0.39, 0.29) is 31.3 Å².